The number of ether oxygens (including phenoxy) is 1. The van der Waals surface area contributed by atoms with Crippen molar-refractivity contribution in [1.82, 2.24) is 5.32 Å². The highest BCUT2D eigenvalue weighted by atomic mass is 32.3. The topological polar surface area (TPSA) is 162 Å². The Morgan fingerprint density at radius 2 is 1.96 bits per heavy atom. The molecule has 1 aromatic carbocycles. The number of sulfone groups is 1. The second-order valence-electron chi connectivity index (χ2n) is 4.67. The first-order valence-electron chi connectivity index (χ1n) is 6.55. The van der Waals surface area contributed by atoms with Crippen molar-refractivity contribution < 1.29 is 35.1 Å². The Morgan fingerprint density at radius 1 is 1.33 bits per heavy atom. The molecule has 0 saturated heterocycles. The summed E-state index contributed by atoms with van der Waals surface area (Å²) in [4.78, 5) is 11.9. The summed E-state index contributed by atoms with van der Waals surface area (Å²) in [5, 5.41) is 2.36. The summed E-state index contributed by atoms with van der Waals surface area (Å²) in [6.07, 6.45) is 0. The largest absolute Gasteiger partial charge is 0.495 e. The maximum atomic E-state index is 11.9. The molecule has 1 unspecified atom stereocenters. The van der Waals surface area contributed by atoms with Gasteiger partial charge < -0.3 is 15.8 Å². The molecular formula is C12H18N2O8S2. The number of nitrogens with two attached hydrogens (primary N) is 1. The minimum atomic E-state index is -4.89. The van der Waals surface area contributed by atoms with Crippen LogP contribution >= 0.6 is 0 Å². The van der Waals surface area contributed by atoms with Crippen molar-refractivity contribution in [3.63, 3.8) is 0 Å². The summed E-state index contributed by atoms with van der Waals surface area (Å²) in [7, 11) is -7.52. The number of carbonyl (C=O) groups is 1. The van der Waals surface area contributed by atoms with Crippen molar-refractivity contribution in [2.24, 2.45) is 0 Å². The smallest absolute Gasteiger partial charge is 0.398 e. The minimum absolute atomic E-state index is 0.209. The fourth-order valence-electron chi connectivity index (χ4n) is 1.66. The monoisotopic (exact) mass is 382 g/mol. The van der Waals surface area contributed by atoms with Crippen molar-refractivity contribution in [3.8, 4) is 5.75 Å². The summed E-state index contributed by atoms with van der Waals surface area (Å²) in [6, 6.07) is 4.29. The molecule has 1 atom stereocenters. The third-order valence-corrected chi connectivity index (χ3v) is 5.47. The van der Waals surface area contributed by atoms with Gasteiger partial charge in [-0.15, -0.1) is 0 Å². The first-order valence-corrected chi connectivity index (χ1v) is 9.63. The lowest BCUT2D eigenvalue weighted by molar-refractivity contribution is 0.0955. The molecule has 4 N–H and O–H groups in total. The van der Waals surface area contributed by atoms with Crippen molar-refractivity contribution in [3.05, 3.63) is 23.8 Å². The molecule has 0 spiro atoms. The van der Waals surface area contributed by atoms with Crippen LogP contribution in [0.1, 0.15) is 17.3 Å². The Balaban J connectivity index is 2.65. The van der Waals surface area contributed by atoms with E-state index in [9.17, 15) is 21.6 Å². The van der Waals surface area contributed by atoms with Crippen molar-refractivity contribution >= 4 is 31.8 Å². The fourth-order valence-corrected chi connectivity index (χ4v) is 3.50. The Labute approximate surface area is 139 Å². The number of anilines is 1. The predicted octanol–water partition coefficient (Wildman–Crippen LogP) is -0.413. The van der Waals surface area contributed by atoms with Gasteiger partial charge in [0.1, 0.15) is 5.75 Å². The van der Waals surface area contributed by atoms with E-state index in [4.69, 9.17) is 15.0 Å². The Kier molecular flexibility index (Phi) is 6.54. The van der Waals surface area contributed by atoms with Gasteiger partial charge in [-0.2, -0.15) is 8.42 Å². The zero-order valence-corrected chi connectivity index (χ0v) is 14.6. The van der Waals surface area contributed by atoms with Gasteiger partial charge in [-0.3, -0.25) is 9.35 Å². The van der Waals surface area contributed by atoms with Crippen LogP contribution in [0.3, 0.4) is 0 Å². The molecule has 0 radical (unpaired) electrons. The number of hydrogen-bond acceptors (Lipinski definition) is 8. The molecule has 1 rings (SSSR count). The van der Waals surface area contributed by atoms with Crippen LogP contribution in [-0.2, 0) is 24.4 Å². The van der Waals surface area contributed by atoms with Crippen LogP contribution < -0.4 is 15.8 Å². The number of carbonyl (C=O) groups excluding carboxylic acids is 1. The number of hydrogen-bond donors (Lipinski definition) is 3. The van der Waals surface area contributed by atoms with Gasteiger partial charge in [-0.1, -0.05) is 0 Å². The molecule has 0 heterocycles. The summed E-state index contributed by atoms with van der Waals surface area (Å²) < 4.78 is 62.0. The molecule has 0 aromatic heterocycles. The highest BCUT2D eigenvalue weighted by molar-refractivity contribution is 7.92. The van der Waals surface area contributed by atoms with Crippen LogP contribution in [0.4, 0.5) is 5.69 Å². The van der Waals surface area contributed by atoms with Gasteiger partial charge in [-0.25, -0.2) is 12.6 Å². The van der Waals surface area contributed by atoms with Gasteiger partial charge in [0.15, 0.2) is 15.3 Å². The molecule has 0 aliphatic heterocycles. The maximum absolute atomic E-state index is 11.9. The van der Waals surface area contributed by atoms with Crippen LogP contribution in [0.15, 0.2) is 18.2 Å². The van der Waals surface area contributed by atoms with Crippen LogP contribution in [-0.4, -0.2) is 52.1 Å². The normalized spacial score (nSPS) is 13.3. The molecule has 0 aliphatic rings. The van der Waals surface area contributed by atoms with Gasteiger partial charge >= 0.3 is 10.4 Å². The Morgan fingerprint density at radius 3 is 2.50 bits per heavy atom. The molecule has 0 fully saturated rings. The van der Waals surface area contributed by atoms with E-state index in [1.54, 1.807) is 0 Å². The van der Waals surface area contributed by atoms with Crippen molar-refractivity contribution in [2.75, 3.05) is 25.1 Å². The molecule has 10 nitrogen and oxygen atoms in total. The lowest BCUT2D eigenvalue weighted by atomic mass is 10.2. The summed E-state index contributed by atoms with van der Waals surface area (Å²) in [5.41, 5.74) is 4.39. The molecule has 0 bridgehead atoms. The highest BCUT2D eigenvalue weighted by Crippen LogP contribution is 2.21. The average molecular weight is 382 g/mol. The third-order valence-electron chi connectivity index (χ3n) is 2.93. The lowest BCUT2D eigenvalue weighted by Gasteiger charge is -2.12. The van der Waals surface area contributed by atoms with Gasteiger partial charge in [0.05, 0.1) is 18.6 Å². The minimum Gasteiger partial charge on any atom is -0.495 e. The van der Waals surface area contributed by atoms with Gasteiger partial charge in [-0.05, 0) is 25.1 Å². The molecule has 24 heavy (non-hydrogen) atoms. The van der Waals surface area contributed by atoms with E-state index in [1.807, 2.05) is 0 Å². The first-order chi connectivity index (χ1) is 11.0. The van der Waals surface area contributed by atoms with E-state index >= 15 is 0 Å². The molecule has 0 aliphatic carbocycles. The lowest BCUT2D eigenvalue weighted by Crippen LogP contribution is -2.34. The van der Waals surface area contributed by atoms with Crippen LogP contribution in [0.5, 0.6) is 5.75 Å². The number of methoxy groups -OCH3 is 1. The molecule has 136 valence electrons. The second-order valence-corrected chi connectivity index (χ2v) is 8.12. The second kappa shape index (κ2) is 7.79. The fraction of sp³-hybridized carbons (Fsp3) is 0.417. The number of nitrogen functional groups attached to an aromatic ring is 1. The van der Waals surface area contributed by atoms with Gasteiger partial charge in [0.2, 0.25) is 0 Å². The van der Waals surface area contributed by atoms with Gasteiger partial charge in [0.25, 0.3) is 5.91 Å². The summed E-state index contributed by atoms with van der Waals surface area (Å²) >= 11 is 0. The molecular weight excluding hydrogens is 364 g/mol. The van der Waals surface area contributed by atoms with Gasteiger partial charge in [0, 0.05) is 12.1 Å². The first kappa shape index (κ1) is 20.2. The van der Waals surface area contributed by atoms with E-state index in [0.717, 1.165) is 6.92 Å². The average Bonchev–Trinajstić information content (AvgIpc) is 2.45. The number of benzene rings is 1. The van der Waals surface area contributed by atoms with E-state index < -0.39 is 37.3 Å². The number of nitrogens with one attached hydrogen (secondary N) is 1. The third kappa shape index (κ3) is 5.96. The van der Waals surface area contributed by atoms with Crippen molar-refractivity contribution in [2.45, 2.75) is 12.4 Å². The van der Waals surface area contributed by atoms with Crippen LogP contribution in [0.2, 0.25) is 0 Å². The summed E-state index contributed by atoms with van der Waals surface area (Å²) in [5.74, 6) is -0.848. The maximum Gasteiger partial charge on any atom is 0.398 e. The molecule has 1 aromatic rings. The zero-order chi connectivity index (χ0) is 18.5. The Bertz CT molecular complexity index is 804. The van der Waals surface area contributed by atoms with E-state index in [2.05, 4.69) is 9.50 Å². The van der Waals surface area contributed by atoms with E-state index in [0.29, 0.717) is 11.4 Å². The SMILES string of the molecule is COc1cc(C(=O)NCCS(=O)(=O)C(C)OS(=O)(=O)O)ccc1N. The highest BCUT2D eigenvalue weighted by Gasteiger charge is 2.26. The molecule has 12 heteroatoms. The summed E-state index contributed by atoms with van der Waals surface area (Å²) in [6.45, 7) is 0.669. The standard InChI is InChI=1S/C12H18N2O8S2/c1-8(22-24(18,19)20)23(16,17)6-5-14-12(15)9-3-4-10(13)11(7-9)21-2/h3-4,7-8H,5-6,13H2,1-2H3,(H,14,15)(H,18,19,20). The number of amides is 1. The van der Waals surface area contributed by atoms with Crippen LogP contribution in [0, 0.1) is 0 Å². The quantitative estimate of drug-likeness (QED) is 0.400. The van der Waals surface area contributed by atoms with Crippen molar-refractivity contribution in [1.29, 1.82) is 0 Å². The Hall–Kier alpha value is -1.89. The van der Waals surface area contributed by atoms with Crippen LogP contribution in [0.25, 0.3) is 0 Å². The van der Waals surface area contributed by atoms with E-state index in [-0.39, 0.29) is 12.1 Å². The molecule has 0 saturated carbocycles. The molecule has 1 amide bonds. The van der Waals surface area contributed by atoms with E-state index in [1.165, 1.54) is 25.3 Å². The number of rotatable bonds is 8. The predicted molar refractivity (Wildman–Crippen MR) is 85.6 cm³/mol. The zero-order valence-electron chi connectivity index (χ0n) is 12.9.